The van der Waals surface area contributed by atoms with Crippen LogP contribution in [0.15, 0.2) is 11.1 Å². The van der Waals surface area contributed by atoms with Crippen LogP contribution in [0.4, 0.5) is 13.2 Å². The van der Waals surface area contributed by atoms with Crippen molar-refractivity contribution in [2.75, 3.05) is 6.26 Å². The van der Waals surface area contributed by atoms with Crippen LogP contribution in [0.25, 0.3) is 0 Å². The third kappa shape index (κ3) is 2.34. The number of aromatic nitrogens is 2. The Hall–Kier alpha value is -0.300. The molecule has 0 saturated heterocycles. The molecule has 0 fully saturated rings. The second kappa shape index (κ2) is 3.83. The summed E-state index contributed by atoms with van der Waals surface area (Å²) in [5.74, 6) is 0. The van der Waals surface area contributed by atoms with Gasteiger partial charge in [0.15, 0.2) is 5.69 Å². The van der Waals surface area contributed by atoms with E-state index >= 15 is 0 Å². The predicted octanol–water partition coefficient (Wildman–Crippen LogP) is 2.81. The van der Waals surface area contributed by atoms with Crippen LogP contribution in [0.5, 0.6) is 0 Å². The number of aryl methyl sites for hydroxylation is 1. The molecule has 1 aromatic heterocycles. The summed E-state index contributed by atoms with van der Waals surface area (Å²) in [5.41, 5.74) is -0.688. The molecule has 7 heteroatoms. The first kappa shape index (κ1) is 10.8. The molecule has 13 heavy (non-hydrogen) atoms. The van der Waals surface area contributed by atoms with Gasteiger partial charge in [0.25, 0.3) is 0 Å². The van der Waals surface area contributed by atoms with Crippen molar-refractivity contribution in [3.8, 4) is 0 Å². The number of hydrogen-bond donors (Lipinski definition) is 0. The van der Waals surface area contributed by atoms with Crippen molar-refractivity contribution >= 4 is 21.6 Å². The average molecular weight is 228 g/mol. The Bertz CT molecular complexity index is 295. The third-order valence-corrected chi connectivity index (χ3v) is 3.03. The molecular weight excluding hydrogens is 221 g/mol. The minimum absolute atomic E-state index is 0.155. The molecule has 0 aliphatic carbocycles. The Balaban J connectivity index is 3.09. The minimum atomic E-state index is -4.33. The molecule has 0 unspecified atom stereocenters. The summed E-state index contributed by atoms with van der Waals surface area (Å²) in [7, 11) is 3.61. The summed E-state index contributed by atoms with van der Waals surface area (Å²) in [4.78, 5) is 0.155. The third-order valence-electron chi connectivity index (χ3n) is 1.35. The van der Waals surface area contributed by atoms with E-state index in [0.29, 0.717) is 0 Å². The van der Waals surface area contributed by atoms with Crippen LogP contribution < -0.4 is 0 Å². The van der Waals surface area contributed by atoms with Crippen LogP contribution >= 0.6 is 21.6 Å². The van der Waals surface area contributed by atoms with Gasteiger partial charge in [-0.1, -0.05) is 21.6 Å². The lowest BCUT2D eigenvalue weighted by Crippen LogP contribution is -2.12. The van der Waals surface area contributed by atoms with Crippen molar-refractivity contribution in [3.63, 3.8) is 0 Å². The molecule has 0 amide bonds. The van der Waals surface area contributed by atoms with Crippen molar-refractivity contribution in [3.05, 3.63) is 11.9 Å². The first-order valence-electron chi connectivity index (χ1n) is 3.26. The maximum absolute atomic E-state index is 12.4. The second-order valence-corrected chi connectivity index (χ2v) is 4.67. The quantitative estimate of drug-likeness (QED) is 0.725. The lowest BCUT2D eigenvalue weighted by atomic mass is 10.4. The van der Waals surface area contributed by atoms with E-state index in [9.17, 15) is 13.2 Å². The molecule has 0 aliphatic rings. The largest absolute Gasteiger partial charge is 0.434 e. The molecule has 0 aliphatic heterocycles. The van der Waals surface area contributed by atoms with E-state index in [2.05, 4.69) is 5.10 Å². The average Bonchev–Trinajstić information content (AvgIpc) is 2.31. The van der Waals surface area contributed by atoms with Gasteiger partial charge in [-0.05, 0) is 6.26 Å². The molecule has 0 atom stereocenters. The van der Waals surface area contributed by atoms with Crippen molar-refractivity contribution in [2.24, 2.45) is 7.05 Å². The first-order valence-corrected chi connectivity index (χ1v) is 5.82. The Labute approximate surface area is 81.3 Å². The van der Waals surface area contributed by atoms with Gasteiger partial charge in [0, 0.05) is 7.05 Å². The highest BCUT2D eigenvalue weighted by molar-refractivity contribution is 8.76. The Morgan fingerprint density at radius 3 is 2.54 bits per heavy atom. The predicted molar refractivity (Wildman–Crippen MR) is 47.6 cm³/mol. The van der Waals surface area contributed by atoms with Crippen LogP contribution in [0.3, 0.4) is 0 Å². The SMILES string of the molecule is CSSc1cnn(C)c1C(F)(F)F. The summed E-state index contributed by atoms with van der Waals surface area (Å²) in [6.45, 7) is 0. The Morgan fingerprint density at radius 1 is 1.46 bits per heavy atom. The molecule has 74 valence electrons. The van der Waals surface area contributed by atoms with E-state index in [4.69, 9.17) is 0 Å². The highest BCUT2D eigenvalue weighted by Crippen LogP contribution is 2.39. The minimum Gasteiger partial charge on any atom is -0.262 e. The summed E-state index contributed by atoms with van der Waals surface area (Å²) >= 11 is 0. The molecule has 0 spiro atoms. The smallest absolute Gasteiger partial charge is 0.262 e. The molecule has 0 N–H and O–H groups in total. The van der Waals surface area contributed by atoms with Gasteiger partial charge in [-0.2, -0.15) is 18.3 Å². The number of alkyl halides is 3. The van der Waals surface area contributed by atoms with E-state index in [1.165, 1.54) is 24.0 Å². The molecular formula is C6H7F3N2S2. The normalized spacial score (nSPS) is 12.1. The van der Waals surface area contributed by atoms with E-state index < -0.39 is 11.9 Å². The van der Waals surface area contributed by atoms with Crippen LogP contribution in [0.1, 0.15) is 5.69 Å². The van der Waals surface area contributed by atoms with Gasteiger partial charge in [0.2, 0.25) is 0 Å². The van der Waals surface area contributed by atoms with Crippen molar-refractivity contribution in [2.45, 2.75) is 11.1 Å². The lowest BCUT2D eigenvalue weighted by Gasteiger charge is -2.08. The van der Waals surface area contributed by atoms with Crippen molar-refractivity contribution in [1.29, 1.82) is 0 Å². The number of hydrogen-bond acceptors (Lipinski definition) is 3. The molecule has 0 bridgehead atoms. The van der Waals surface area contributed by atoms with Gasteiger partial charge < -0.3 is 0 Å². The summed E-state index contributed by atoms with van der Waals surface area (Å²) in [5, 5.41) is 3.56. The summed E-state index contributed by atoms with van der Waals surface area (Å²) in [6.07, 6.45) is -1.38. The van der Waals surface area contributed by atoms with Gasteiger partial charge >= 0.3 is 6.18 Å². The molecule has 0 radical (unpaired) electrons. The number of nitrogens with zero attached hydrogens (tertiary/aromatic N) is 2. The maximum Gasteiger partial charge on any atom is 0.434 e. The van der Waals surface area contributed by atoms with E-state index in [1.54, 1.807) is 6.26 Å². The maximum atomic E-state index is 12.4. The fourth-order valence-electron chi connectivity index (χ4n) is 0.891. The summed E-state index contributed by atoms with van der Waals surface area (Å²) < 4.78 is 38.0. The highest BCUT2D eigenvalue weighted by atomic mass is 33.1. The fourth-order valence-corrected chi connectivity index (χ4v) is 2.39. The van der Waals surface area contributed by atoms with E-state index in [0.717, 1.165) is 15.5 Å². The van der Waals surface area contributed by atoms with Gasteiger partial charge in [0.1, 0.15) is 0 Å². The van der Waals surface area contributed by atoms with Crippen LogP contribution in [-0.2, 0) is 13.2 Å². The Kier molecular flexibility index (Phi) is 3.18. The first-order chi connectivity index (χ1) is 5.96. The van der Waals surface area contributed by atoms with Gasteiger partial charge in [-0.3, -0.25) is 4.68 Å². The van der Waals surface area contributed by atoms with Crippen LogP contribution in [0, 0.1) is 0 Å². The zero-order valence-electron chi connectivity index (χ0n) is 6.92. The highest BCUT2D eigenvalue weighted by Gasteiger charge is 2.37. The molecule has 1 heterocycles. The molecule has 2 nitrogen and oxygen atoms in total. The second-order valence-electron chi connectivity index (χ2n) is 2.23. The van der Waals surface area contributed by atoms with Gasteiger partial charge in [0.05, 0.1) is 11.1 Å². The molecule has 1 rings (SSSR count). The van der Waals surface area contributed by atoms with Gasteiger partial charge in [-0.25, -0.2) is 0 Å². The fraction of sp³-hybridized carbons (Fsp3) is 0.500. The zero-order valence-corrected chi connectivity index (χ0v) is 8.56. The molecule has 0 saturated carbocycles. The standard InChI is InChI=1S/C6H7F3N2S2/c1-11-5(6(7,8)9)4(3-10-11)13-12-2/h3H,1-2H3. The number of halogens is 3. The summed E-state index contributed by atoms with van der Waals surface area (Å²) in [6, 6.07) is 0. The van der Waals surface area contributed by atoms with Gasteiger partial charge in [-0.15, -0.1) is 0 Å². The van der Waals surface area contributed by atoms with Crippen LogP contribution in [0.2, 0.25) is 0 Å². The van der Waals surface area contributed by atoms with E-state index in [1.807, 2.05) is 0 Å². The monoisotopic (exact) mass is 228 g/mol. The van der Waals surface area contributed by atoms with Crippen LogP contribution in [-0.4, -0.2) is 16.0 Å². The topological polar surface area (TPSA) is 17.8 Å². The molecule has 0 aromatic carbocycles. The van der Waals surface area contributed by atoms with E-state index in [-0.39, 0.29) is 4.90 Å². The number of rotatable bonds is 2. The Morgan fingerprint density at radius 2 is 2.08 bits per heavy atom. The zero-order chi connectivity index (χ0) is 10.1. The molecule has 1 aromatic rings. The van der Waals surface area contributed by atoms with Crippen molar-refractivity contribution in [1.82, 2.24) is 9.78 Å². The lowest BCUT2D eigenvalue weighted by molar-refractivity contribution is -0.145. The van der Waals surface area contributed by atoms with Crippen molar-refractivity contribution < 1.29 is 13.2 Å².